The molecule has 0 saturated carbocycles. The van der Waals surface area contributed by atoms with Gasteiger partial charge in [0.1, 0.15) is 6.07 Å². The highest BCUT2D eigenvalue weighted by Crippen LogP contribution is 2.27. The highest BCUT2D eigenvalue weighted by atomic mass is 127. The first-order valence-electron chi connectivity index (χ1n) is 5.32. The standard InChI is InChI=1S/C13H8IN3O2/c14-11-3-1-2-4-13(11)16-12-6-5-10(17(18)19)7-9(12)8-15/h1-7,16H. The van der Waals surface area contributed by atoms with Crippen molar-refractivity contribution in [3.8, 4) is 6.07 Å². The number of anilines is 2. The Balaban J connectivity index is 2.39. The highest BCUT2D eigenvalue weighted by molar-refractivity contribution is 14.1. The topological polar surface area (TPSA) is 79.0 Å². The first-order valence-corrected chi connectivity index (χ1v) is 6.40. The van der Waals surface area contributed by atoms with E-state index in [0.717, 1.165) is 9.26 Å². The molecule has 0 amide bonds. The fourth-order valence-electron chi connectivity index (χ4n) is 1.55. The van der Waals surface area contributed by atoms with Crippen molar-refractivity contribution >= 4 is 39.7 Å². The fraction of sp³-hybridized carbons (Fsp3) is 0. The molecule has 2 rings (SSSR count). The summed E-state index contributed by atoms with van der Waals surface area (Å²) >= 11 is 2.17. The number of benzene rings is 2. The van der Waals surface area contributed by atoms with Gasteiger partial charge < -0.3 is 5.32 Å². The van der Waals surface area contributed by atoms with E-state index in [4.69, 9.17) is 5.26 Å². The van der Waals surface area contributed by atoms with Gasteiger partial charge >= 0.3 is 0 Å². The molecule has 6 heteroatoms. The first-order chi connectivity index (χ1) is 9.11. The predicted octanol–water partition coefficient (Wildman–Crippen LogP) is 3.81. The van der Waals surface area contributed by atoms with E-state index in [0.29, 0.717) is 5.69 Å². The minimum atomic E-state index is -0.517. The highest BCUT2D eigenvalue weighted by Gasteiger charge is 2.11. The Labute approximate surface area is 123 Å². The summed E-state index contributed by atoms with van der Waals surface area (Å²) in [6.45, 7) is 0. The van der Waals surface area contributed by atoms with Gasteiger partial charge in [-0.05, 0) is 40.8 Å². The van der Waals surface area contributed by atoms with Crippen LogP contribution in [0, 0.1) is 25.0 Å². The number of nitriles is 1. The summed E-state index contributed by atoms with van der Waals surface area (Å²) in [6.07, 6.45) is 0. The third kappa shape index (κ3) is 3.00. The van der Waals surface area contributed by atoms with E-state index in [1.807, 2.05) is 30.3 Å². The van der Waals surface area contributed by atoms with Crippen LogP contribution in [0.1, 0.15) is 5.56 Å². The lowest BCUT2D eigenvalue weighted by molar-refractivity contribution is -0.384. The van der Waals surface area contributed by atoms with Crippen LogP contribution in [0.3, 0.4) is 0 Å². The Morgan fingerprint density at radius 3 is 2.58 bits per heavy atom. The summed E-state index contributed by atoms with van der Waals surface area (Å²) in [5, 5.41) is 22.8. The monoisotopic (exact) mass is 365 g/mol. The SMILES string of the molecule is N#Cc1cc([N+](=O)[O-])ccc1Nc1ccccc1I. The molecule has 0 bridgehead atoms. The molecule has 0 spiro atoms. The molecule has 0 fully saturated rings. The number of para-hydroxylation sites is 1. The minimum Gasteiger partial charge on any atom is -0.354 e. The van der Waals surface area contributed by atoms with Gasteiger partial charge in [-0.25, -0.2) is 0 Å². The zero-order valence-electron chi connectivity index (χ0n) is 9.63. The Hall–Kier alpha value is -2.14. The van der Waals surface area contributed by atoms with Crippen LogP contribution in [0.25, 0.3) is 0 Å². The molecule has 2 aromatic carbocycles. The molecule has 94 valence electrons. The Bertz CT molecular complexity index is 680. The quantitative estimate of drug-likeness (QED) is 0.510. The van der Waals surface area contributed by atoms with Gasteiger partial charge in [-0.15, -0.1) is 0 Å². The van der Waals surface area contributed by atoms with Crippen LogP contribution < -0.4 is 5.32 Å². The van der Waals surface area contributed by atoms with Crippen LogP contribution in [0.2, 0.25) is 0 Å². The van der Waals surface area contributed by atoms with Crippen LogP contribution in [-0.2, 0) is 0 Å². The van der Waals surface area contributed by atoms with E-state index >= 15 is 0 Å². The average Bonchev–Trinajstić information content (AvgIpc) is 2.41. The van der Waals surface area contributed by atoms with Crippen molar-refractivity contribution in [3.05, 3.63) is 61.7 Å². The van der Waals surface area contributed by atoms with Crippen LogP contribution in [0.4, 0.5) is 17.1 Å². The number of rotatable bonds is 3. The third-order valence-electron chi connectivity index (χ3n) is 2.48. The molecule has 1 N–H and O–H groups in total. The van der Waals surface area contributed by atoms with Crippen molar-refractivity contribution in [2.24, 2.45) is 0 Å². The van der Waals surface area contributed by atoms with Gasteiger partial charge in [0.05, 0.1) is 21.9 Å². The van der Waals surface area contributed by atoms with Crippen LogP contribution >= 0.6 is 22.6 Å². The summed E-state index contributed by atoms with van der Waals surface area (Å²) in [5.74, 6) is 0. The first kappa shape index (κ1) is 13.3. The largest absolute Gasteiger partial charge is 0.354 e. The van der Waals surface area contributed by atoms with Gasteiger partial charge in [0.25, 0.3) is 5.69 Å². The number of halogens is 1. The van der Waals surface area contributed by atoms with Crippen LogP contribution in [0.5, 0.6) is 0 Å². The number of hydrogen-bond donors (Lipinski definition) is 1. The zero-order valence-corrected chi connectivity index (χ0v) is 11.8. The van der Waals surface area contributed by atoms with Gasteiger partial charge in [-0.1, -0.05) is 12.1 Å². The molecular formula is C13H8IN3O2. The van der Waals surface area contributed by atoms with E-state index in [1.54, 1.807) is 6.07 Å². The smallest absolute Gasteiger partial charge is 0.270 e. The van der Waals surface area contributed by atoms with Gasteiger partial charge in [0.15, 0.2) is 0 Å². The molecule has 5 nitrogen and oxygen atoms in total. The van der Waals surface area contributed by atoms with E-state index in [1.165, 1.54) is 12.1 Å². The van der Waals surface area contributed by atoms with Gasteiger partial charge in [-0.2, -0.15) is 5.26 Å². The molecule has 0 unspecified atom stereocenters. The molecule has 19 heavy (non-hydrogen) atoms. The third-order valence-corrected chi connectivity index (χ3v) is 3.42. The zero-order chi connectivity index (χ0) is 13.8. The number of nitro groups is 1. The molecule has 0 atom stereocenters. The number of nitrogens with zero attached hydrogens (tertiary/aromatic N) is 2. The van der Waals surface area contributed by atoms with Crippen molar-refractivity contribution in [1.29, 1.82) is 5.26 Å². The van der Waals surface area contributed by atoms with Crippen molar-refractivity contribution in [1.82, 2.24) is 0 Å². The van der Waals surface area contributed by atoms with Crippen molar-refractivity contribution < 1.29 is 4.92 Å². The molecule has 0 heterocycles. The van der Waals surface area contributed by atoms with E-state index in [2.05, 4.69) is 27.9 Å². The number of hydrogen-bond acceptors (Lipinski definition) is 4. The van der Waals surface area contributed by atoms with Crippen molar-refractivity contribution in [3.63, 3.8) is 0 Å². The number of nitro benzene ring substituents is 1. The van der Waals surface area contributed by atoms with Crippen LogP contribution in [-0.4, -0.2) is 4.92 Å². The second kappa shape index (κ2) is 5.67. The maximum Gasteiger partial charge on any atom is 0.270 e. The molecule has 0 aliphatic rings. The summed E-state index contributed by atoms with van der Waals surface area (Å²) in [6, 6.07) is 13.7. The molecule has 0 radical (unpaired) electrons. The van der Waals surface area contributed by atoms with Crippen LogP contribution in [0.15, 0.2) is 42.5 Å². The van der Waals surface area contributed by atoms with Crippen molar-refractivity contribution in [2.45, 2.75) is 0 Å². The van der Waals surface area contributed by atoms with Gasteiger partial charge in [0, 0.05) is 15.7 Å². The molecule has 0 aliphatic carbocycles. The summed E-state index contributed by atoms with van der Waals surface area (Å²) in [4.78, 5) is 10.2. The summed E-state index contributed by atoms with van der Waals surface area (Å²) in [7, 11) is 0. The average molecular weight is 365 g/mol. The molecule has 0 aromatic heterocycles. The normalized spacial score (nSPS) is 9.68. The van der Waals surface area contributed by atoms with Crippen molar-refractivity contribution in [2.75, 3.05) is 5.32 Å². The molecule has 0 aliphatic heterocycles. The number of nitrogens with one attached hydrogen (secondary N) is 1. The maximum atomic E-state index is 10.7. The van der Waals surface area contributed by atoms with Gasteiger partial charge in [-0.3, -0.25) is 10.1 Å². The summed E-state index contributed by atoms with van der Waals surface area (Å²) in [5.41, 5.74) is 1.56. The van der Waals surface area contributed by atoms with E-state index in [9.17, 15) is 10.1 Å². The lowest BCUT2D eigenvalue weighted by Gasteiger charge is -2.09. The maximum absolute atomic E-state index is 10.7. The Kier molecular flexibility index (Phi) is 3.97. The Morgan fingerprint density at radius 2 is 1.95 bits per heavy atom. The predicted molar refractivity (Wildman–Crippen MR) is 80.3 cm³/mol. The lowest BCUT2D eigenvalue weighted by atomic mass is 10.1. The fourth-order valence-corrected chi connectivity index (χ4v) is 2.08. The molecular weight excluding hydrogens is 357 g/mol. The van der Waals surface area contributed by atoms with Gasteiger partial charge in [0.2, 0.25) is 0 Å². The molecule has 0 saturated heterocycles. The van der Waals surface area contributed by atoms with E-state index < -0.39 is 4.92 Å². The second-order valence-electron chi connectivity index (χ2n) is 3.70. The lowest BCUT2D eigenvalue weighted by Crippen LogP contribution is -1.97. The Morgan fingerprint density at radius 1 is 1.21 bits per heavy atom. The summed E-state index contributed by atoms with van der Waals surface area (Å²) < 4.78 is 1.00. The number of non-ortho nitro benzene ring substituents is 1. The molecule has 2 aromatic rings. The minimum absolute atomic E-state index is 0.0927. The van der Waals surface area contributed by atoms with E-state index in [-0.39, 0.29) is 11.3 Å². The second-order valence-corrected chi connectivity index (χ2v) is 4.87.